The van der Waals surface area contributed by atoms with Crippen LogP contribution in [0.5, 0.6) is 0 Å². The number of rotatable bonds is 1. The van der Waals surface area contributed by atoms with E-state index >= 15 is 0 Å². The van der Waals surface area contributed by atoms with Gasteiger partial charge in [0.1, 0.15) is 0 Å². The fraction of sp³-hybridized carbons (Fsp3) is 0. The summed E-state index contributed by atoms with van der Waals surface area (Å²) in [7, 11) is 0. The zero-order valence-electron chi connectivity index (χ0n) is 7.97. The van der Waals surface area contributed by atoms with E-state index in [1.807, 2.05) is 24.5 Å². The summed E-state index contributed by atoms with van der Waals surface area (Å²) < 4.78 is 1.28. The van der Waals surface area contributed by atoms with Gasteiger partial charge in [0.15, 0.2) is 0 Å². The lowest BCUT2D eigenvalue weighted by atomic mass is 10.0. The highest BCUT2D eigenvalue weighted by molar-refractivity contribution is 7.16. The predicted octanol–water partition coefficient (Wildman–Crippen LogP) is 3.76. The Labute approximate surface area is 92.0 Å². The van der Waals surface area contributed by atoms with Crippen LogP contribution < -0.4 is 0 Å². The van der Waals surface area contributed by atoms with Crippen molar-refractivity contribution in [1.29, 1.82) is 0 Å². The molecule has 0 N–H and O–H groups in total. The average molecular weight is 210 g/mol. The maximum absolute atomic E-state index is 4.03. The molecule has 2 heteroatoms. The van der Waals surface area contributed by atoms with Crippen LogP contribution in [0.25, 0.3) is 21.2 Å². The lowest BCUT2D eigenvalue weighted by Gasteiger charge is -2.02. The molecule has 0 amide bonds. The number of nitrogens with zero attached hydrogens (tertiary/aromatic N) is 1. The Morgan fingerprint density at radius 2 is 1.93 bits per heavy atom. The molecule has 0 atom stereocenters. The molecule has 1 radical (unpaired) electrons. The van der Waals surface area contributed by atoms with Crippen molar-refractivity contribution in [2.24, 2.45) is 0 Å². The second kappa shape index (κ2) is 3.48. The van der Waals surface area contributed by atoms with Gasteiger partial charge in [-0.25, -0.2) is 0 Å². The van der Waals surface area contributed by atoms with E-state index in [4.69, 9.17) is 0 Å². The summed E-state index contributed by atoms with van der Waals surface area (Å²) in [5, 5.41) is 4.45. The maximum Gasteiger partial charge on any atom is 0.0455 e. The SMILES string of the molecule is [c]1cc2c(-c3ccncc3)cccc2s1. The lowest BCUT2D eigenvalue weighted by Crippen LogP contribution is -1.78. The number of aromatic nitrogens is 1. The van der Waals surface area contributed by atoms with Crippen molar-refractivity contribution in [2.45, 2.75) is 0 Å². The van der Waals surface area contributed by atoms with E-state index in [2.05, 4.69) is 34.6 Å². The molecule has 0 spiro atoms. The largest absolute Gasteiger partial charge is 0.265 e. The van der Waals surface area contributed by atoms with E-state index in [-0.39, 0.29) is 0 Å². The smallest absolute Gasteiger partial charge is 0.0455 e. The van der Waals surface area contributed by atoms with E-state index in [0.717, 1.165) is 0 Å². The highest BCUT2D eigenvalue weighted by atomic mass is 32.1. The van der Waals surface area contributed by atoms with Crippen molar-refractivity contribution < 1.29 is 0 Å². The Hall–Kier alpha value is -1.67. The summed E-state index contributed by atoms with van der Waals surface area (Å²) in [6.45, 7) is 0. The molecule has 0 aliphatic rings. The van der Waals surface area contributed by atoms with Crippen molar-refractivity contribution in [2.75, 3.05) is 0 Å². The molecule has 0 fully saturated rings. The van der Waals surface area contributed by atoms with Crippen LogP contribution in [0.2, 0.25) is 0 Å². The van der Waals surface area contributed by atoms with Crippen molar-refractivity contribution in [1.82, 2.24) is 4.98 Å². The number of pyridine rings is 1. The average Bonchev–Trinajstić information content (AvgIpc) is 2.78. The van der Waals surface area contributed by atoms with Gasteiger partial charge in [-0.15, -0.1) is 11.3 Å². The van der Waals surface area contributed by atoms with Crippen LogP contribution in [0.15, 0.2) is 48.8 Å². The van der Waals surface area contributed by atoms with E-state index in [1.165, 1.54) is 21.2 Å². The summed E-state index contributed by atoms with van der Waals surface area (Å²) in [5.74, 6) is 0. The van der Waals surface area contributed by atoms with Crippen molar-refractivity contribution in [3.63, 3.8) is 0 Å². The van der Waals surface area contributed by atoms with Gasteiger partial charge in [-0.2, -0.15) is 0 Å². The van der Waals surface area contributed by atoms with Gasteiger partial charge in [0.05, 0.1) is 0 Å². The molecule has 3 aromatic rings. The summed E-state index contributed by atoms with van der Waals surface area (Å²) in [6.07, 6.45) is 3.65. The number of benzene rings is 1. The molecule has 2 heterocycles. The van der Waals surface area contributed by atoms with Gasteiger partial charge in [-0.1, -0.05) is 12.1 Å². The standard InChI is InChI=1S/C13H8NS/c1-2-11(10-4-7-14-8-5-10)12-6-9-15-13(12)3-1/h1-8H. The summed E-state index contributed by atoms with van der Waals surface area (Å²) in [6, 6.07) is 12.5. The first-order valence-corrected chi connectivity index (χ1v) is 5.56. The molecule has 0 unspecified atom stereocenters. The first-order valence-electron chi connectivity index (χ1n) is 4.74. The minimum atomic E-state index is 1.21. The van der Waals surface area contributed by atoms with E-state index < -0.39 is 0 Å². The molecule has 0 aliphatic carbocycles. The fourth-order valence-electron chi connectivity index (χ4n) is 1.72. The molecule has 1 nitrogen and oxygen atoms in total. The van der Waals surface area contributed by atoms with E-state index in [1.54, 1.807) is 11.3 Å². The fourth-order valence-corrected chi connectivity index (χ4v) is 2.45. The highest BCUT2D eigenvalue weighted by Crippen LogP contribution is 2.30. The third-order valence-corrected chi connectivity index (χ3v) is 3.24. The van der Waals surface area contributed by atoms with Gasteiger partial charge >= 0.3 is 0 Å². The Bertz CT molecular complexity index is 584. The van der Waals surface area contributed by atoms with Crippen LogP contribution in [0.1, 0.15) is 0 Å². The predicted molar refractivity (Wildman–Crippen MR) is 63.9 cm³/mol. The third kappa shape index (κ3) is 1.43. The molecule has 71 valence electrons. The Morgan fingerprint density at radius 3 is 2.80 bits per heavy atom. The first kappa shape index (κ1) is 8.62. The summed E-state index contributed by atoms with van der Waals surface area (Å²) in [4.78, 5) is 4.03. The lowest BCUT2D eigenvalue weighted by molar-refractivity contribution is 1.33. The molecule has 0 aliphatic heterocycles. The molecule has 0 saturated carbocycles. The van der Waals surface area contributed by atoms with Crippen molar-refractivity contribution >= 4 is 21.4 Å². The van der Waals surface area contributed by atoms with Crippen LogP contribution >= 0.6 is 11.3 Å². The number of hydrogen-bond donors (Lipinski definition) is 0. The zero-order valence-corrected chi connectivity index (χ0v) is 8.79. The second-order valence-electron chi connectivity index (χ2n) is 3.32. The number of thiophene rings is 1. The molecular formula is C13H8NS. The Morgan fingerprint density at radius 1 is 1.07 bits per heavy atom. The molecule has 15 heavy (non-hydrogen) atoms. The molecule has 0 saturated heterocycles. The second-order valence-corrected chi connectivity index (χ2v) is 4.20. The molecule has 3 rings (SSSR count). The quantitative estimate of drug-likeness (QED) is 0.596. The topological polar surface area (TPSA) is 12.9 Å². The van der Waals surface area contributed by atoms with Gasteiger partial charge in [-0.3, -0.25) is 4.98 Å². The molecule has 1 aromatic carbocycles. The van der Waals surface area contributed by atoms with Gasteiger partial charge in [0.25, 0.3) is 0 Å². The van der Waals surface area contributed by atoms with Crippen LogP contribution in [0.4, 0.5) is 0 Å². The van der Waals surface area contributed by atoms with Crippen LogP contribution in [0, 0.1) is 5.38 Å². The highest BCUT2D eigenvalue weighted by Gasteiger charge is 2.03. The first-order chi connectivity index (χ1) is 7.45. The van der Waals surface area contributed by atoms with Crippen LogP contribution in [-0.4, -0.2) is 4.98 Å². The molecule has 0 bridgehead atoms. The zero-order chi connectivity index (χ0) is 10.1. The normalized spacial score (nSPS) is 10.7. The molecular weight excluding hydrogens is 202 g/mol. The number of hydrogen-bond acceptors (Lipinski definition) is 2. The van der Waals surface area contributed by atoms with E-state index in [0.29, 0.717) is 0 Å². The summed E-state index contributed by atoms with van der Waals surface area (Å²) in [5.41, 5.74) is 2.47. The van der Waals surface area contributed by atoms with Gasteiger partial charge in [-0.05, 0) is 35.4 Å². The van der Waals surface area contributed by atoms with Gasteiger partial charge < -0.3 is 0 Å². The Kier molecular flexibility index (Phi) is 2.00. The maximum atomic E-state index is 4.03. The summed E-state index contributed by atoms with van der Waals surface area (Å²) >= 11 is 1.66. The van der Waals surface area contributed by atoms with Gasteiger partial charge in [0, 0.05) is 27.9 Å². The Balaban J connectivity index is 2.31. The van der Waals surface area contributed by atoms with Crippen molar-refractivity contribution in [3.05, 3.63) is 54.2 Å². The van der Waals surface area contributed by atoms with Crippen LogP contribution in [-0.2, 0) is 0 Å². The minimum absolute atomic E-state index is 1.21. The monoisotopic (exact) mass is 210 g/mol. The van der Waals surface area contributed by atoms with E-state index in [9.17, 15) is 0 Å². The molecule has 2 aromatic heterocycles. The van der Waals surface area contributed by atoms with Gasteiger partial charge in [0.2, 0.25) is 0 Å². The van der Waals surface area contributed by atoms with Crippen molar-refractivity contribution in [3.8, 4) is 11.1 Å². The minimum Gasteiger partial charge on any atom is -0.265 e. The third-order valence-electron chi connectivity index (χ3n) is 2.43. The van der Waals surface area contributed by atoms with Crippen LogP contribution in [0.3, 0.4) is 0 Å². The number of fused-ring (bicyclic) bond motifs is 1.